The number of benzene rings is 1. The molecule has 0 aromatic heterocycles. The fourth-order valence-electron chi connectivity index (χ4n) is 4.13. The Balaban J connectivity index is 3.00. The van der Waals surface area contributed by atoms with Crippen LogP contribution in [0.15, 0.2) is 30.3 Å². The van der Waals surface area contributed by atoms with Gasteiger partial charge >= 0.3 is 12.1 Å². The molecule has 0 aliphatic rings. The number of esters is 1. The van der Waals surface area contributed by atoms with Gasteiger partial charge < -0.3 is 35.5 Å². The largest absolute Gasteiger partial charge is 0.466 e. The number of hydrogen-bond donors (Lipinski definition) is 4. The molecule has 12 heteroatoms. The zero-order valence-corrected chi connectivity index (χ0v) is 26.9. The molecule has 0 fully saturated rings. The number of hydrogen-bond acceptors (Lipinski definition) is 8. The maximum absolute atomic E-state index is 13.4. The van der Waals surface area contributed by atoms with Gasteiger partial charge in [-0.25, -0.2) is 4.79 Å². The topological polar surface area (TPSA) is 169 Å². The molecule has 4 amide bonds. The first kappa shape index (κ1) is 38.1. The summed E-state index contributed by atoms with van der Waals surface area (Å²) in [5.41, 5.74) is 0.775. The number of ether oxygens (including phenoxy) is 2. The lowest BCUT2D eigenvalue weighted by molar-refractivity contribution is -0.144. The van der Waals surface area contributed by atoms with Gasteiger partial charge in [-0.3, -0.25) is 19.2 Å². The Kier molecular flexibility index (Phi) is 18.0. The van der Waals surface area contributed by atoms with Gasteiger partial charge in [0.05, 0.1) is 12.6 Å². The molecule has 12 nitrogen and oxygen atoms in total. The van der Waals surface area contributed by atoms with E-state index in [1.165, 1.54) is 6.92 Å². The first-order valence-corrected chi connectivity index (χ1v) is 15.4. The molecule has 0 bridgehead atoms. The highest BCUT2D eigenvalue weighted by Crippen LogP contribution is 2.11. The highest BCUT2D eigenvalue weighted by Gasteiger charge is 2.32. The van der Waals surface area contributed by atoms with Crippen molar-refractivity contribution >= 4 is 36.1 Å². The normalized spacial score (nSPS) is 14.2. The van der Waals surface area contributed by atoms with E-state index in [1.807, 2.05) is 45.9 Å². The van der Waals surface area contributed by atoms with Crippen LogP contribution in [-0.2, 0) is 40.1 Å². The van der Waals surface area contributed by atoms with E-state index in [0.29, 0.717) is 25.5 Å². The number of rotatable bonds is 20. The van der Waals surface area contributed by atoms with Gasteiger partial charge in [0.25, 0.3) is 0 Å². The Morgan fingerprint density at radius 1 is 0.841 bits per heavy atom. The number of carbonyl (C=O) groups excluding carboxylic acids is 6. The standard InChI is InChI=1S/C32H50N4O8/c1-7-9-17-43-27(38)16-15-26(30(40)33-23(6)29(39)34-25(19-37)18-21(3)4)35-31(41)28(22(5)8-2)36-32(42)44-20-24-13-11-10-12-14-24/h10-14,19,21-23,25-26,28H,7-9,15-18,20H2,1-6H3,(H,33,40)(H,34,39)(H,35,41)(H,36,42)/t22?,23-,25-,26-,28-/m0/s1. The van der Waals surface area contributed by atoms with Crippen molar-refractivity contribution in [3.05, 3.63) is 35.9 Å². The summed E-state index contributed by atoms with van der Waals surface area (Å²) in [7, 11) is 0. The number of unbranched alkanes of at least 4 members (excludes halogenated alkanes) is 1. The predicted octanol–water partition coefficient (Wildman–Crippen LogP) is 3.17. The second-order valence-corrected chi connectivity index (χ2v) is 11.4. The highest BCUT2D eigenvalue weighted by molar-refractivity contribution is 5.94. The number of aldehydes is 1. The zero-order valence-electron chi connectivity index (χ0n) is 26.9. The molecule has 0 radical (unpaired) electrons. The second-order valence-electron chi connectivity index (χ2n) is 11.4. The Hall–Kier alpha value is -3.96. The van der Waals surface area contributed by atoms with Crippen LogP contribution in [-0.4, -0.2) is 66.8 Å². The van der Waals surface area contributed by atoms with E-state index in [0.717, 1.165) is 12.0 Å². The average molecular weight is 619 g/mol. The summed E-state index contributed by atoms with van der Waals surface area (Å²) in [6, 6.07) is 5.06. The molecule has 0 aliphatic heterocycles. The van der Waals surface area contributed by atoms with Crippen LogP contribution in [0.25, 0.3) is 0 Å². The Morgan fingerprint density at radius 3 is 2.11 bits per heavy atom. The molecule has 44 heavy (non-hydrogen) atoms. The Bertz CT molecular complexity index is 1070. The molecule has 0 saturated heterocycles. The van der Waals surface area contributed by atoms with Crippen LogP contribution >= 0.6 is 0 Å². The van der Waals surface area contributed by atoms with Crippen molar-refractivity contribution in [2.24, 2.45) is 11.8 Å². The second kappa shape index (κ2) is 20.9. The van der Waals surface area contributed by atoms with Gasteiger partial charge in [-0.1, -0.05) is 77.8 Å². The molecule has 4 N–H and O–H groups in total. The molecule has 0 spiro atoms. The molecule has 0 saturated carbocycles. The summed E-state index contributed by atoms with van der Waals surface area (Å²) in [6.07, 6.45) is 2.08. The van der Waals surface area contributed by atoms with Crippen molar-refractivity contribution < 1.29 is 38.2 Å². The number of amides is 4. The van der Waals surface area contributed by atoms with Crippen LogP contribution in [0.1, 0.15) is 85.6 Å². The Morgan fingerprint density at radius 2 is 1.52 bits per heavy atom. The predicted molar refractivity (Wildman–Crippen MR) is 165 cm³/mol. The maximum Gasteiger partial charge on any atom is 0.408 e. The molecule has 0 heterocycles. The first-order chi connectivity index (χ1) is 20.9. The van der Waals surface area contributed by atoms with E-state index >= 15 is 0 Å². The molecule has 1 aromatic carbocycles. The third-order valence-corrected chi connectivity index (χ3v) is 6.98. The van der Waals surface area contributed by atoms with E-state index in [-0.39, 0.29) is 37.9 Å². The third-order valence-electron chi connectivity index (χ3n) is 6.98. The zero-order chi connectivity index (χ0) is 33.1. The highest BCUT2D eigenvalue weighted by atomic mass is 16.5. The van der Waals surface area contributed by atoms with Crippen molar-refractivity contribution in [2.45, 2.75) is 111 Å². The number of alkyl carbamates (subject to hydrolysis) is 1. The summed E-state index contributed by atoms with van der Waals surface area (Å²) in [6.45, 7) is 11.1. The minimum Gasteiger partial charge on any atom is -0.466 e. The van der Waals surface area contributed by atoms with Crippen molar-refractivity contribution in [1.82, 2.24) is 21.3 Å². The quantitative estimate of drug-likeness (QED) is 0.0981. The SMILES string of the molecule is CCCCOC(=O)CC[C@H](NC(=O)[C@@H](NC(=O)OCc1ccccc1)C(C)CC)C(=O)N[C@@H](C)C(=O)N[C@H](C=O)CC(C)C. The van der Waals surface area contributed by atoms with E-state index < -0.39 is 54.0 Å². The molecule has 5 atom stereocenters. The van der Waals surface area contributed by atoms with Crippen molar-refractivity contribution in [3.8, 4) is 0 Å². The summed E-state index contributed by atoms with van der Waals surface area (Å²) >= 11 is 0. The van der Waals surface area contributed by atoms with Gasteiger partial charge in [0.1, 0.15) is 31.0 Å². The van der Waals surface area contributed by atoms with Gasteiger partial charge in [-0.2, -0.15) is 0 Å². The summed E-state index contributed by atoms with van der Waals surface area (Å²) in [5, 5.41) is 10.4. The third kappa shape index (κ3) is 15.0. The van der Waals surface area contributed by atoms with Gasteiger partial charge in [-0.15, -0.1) is 0 Å². The van der Waals surface area contributed by atoms with E-state index in [2.05, 4.69) is 21.3 Å². The monoisotopic (exact) mass is 618 g/mol. The van der Waals surface area contributed by atoms with Crippen LogP contribution < -0.4 is 21.3 Å². The van der Waals surface area contributed by atoms with E-state index in [4.69, 9.17) is 9.47 Å². The molecular formula is C32H50N4O8. The summed E-state index contributed by atoms with van der Waals surface area (Å²) in [5.74, 6) is -2.61. The van der Waals surface area contributed by atoms with Crippen molar-refractivity contribution in [3.63, 3.8) is 0 Å². The molecule has 1 aromatic rings. The summed E-state index contributed by atoms with van der Waals surface area (Å²) < 4.78 is 10.5. The molecule has 246 valence electrons. The average Bonchev–Trinajstić information content (AvgIpc) is 3.00. The molecule has 1 unspecified atom stereocenters. The molecule has 0 aliphatic carbocycles. The summed E-state index contributed by atoms with van der Waals surface area (Å²) in [4.78, 5) is 75.7. The lowest BCUT2D eigenvalue weighted by Gasteiger charge is -2.27. The van der Waals surface area contributed by atoms with Gasteiger partial charge in [0.15, 0.2) is 0 Å². The van der Waals surface area contributed by atoms with Gasteiger partial charge in [-0.05, 0) is 43.6 Å². The lowest BCUT2D eigenvalue weighted by Crippen LogP contribution is -2.58. The van der Waals surface area contributed by atoms with Crippen molar-refractivity contribution in [2.75, 3.05) is 6.61 Å². The molecule has 1 rings (SSSR count). The van der Waals surface area contributed by atoms with Crippen LogP contribution in [0, 0.1) is 11.8 Å². The maximum atomic E-state index is 13.4. The van der Waals surface area contributed by atoms with Crippen LogP contribution in [0.2, 0.25) is 0 Å². The van der Waals surface area contributed by atoms with Crippen LogP contribution in [0.5, 0.6) is 0 Å². The van der Waals surface area contributed by atoms with Crippen LogP contribution in [0.4, 0.5) is 4.79 Å². The number of carbonyl (C=O) groups is 6. The van der Waals surface area contributed by atoms with Crippen molar-refractivity contribution in [1.29, 1.82) is 0 Å². The Labute approximate surface area is 260 Å². The first-order valence-electron chi connectivity index (χ1n) is 15.4. The van der Waals surface area contributed by atoms with Gasteiger partial charge in [0.2, 0.25) is 17.7 Å². The van der Waals surface area contributed by atoms with Crippen LogP contribution in [0.3, 0.4) is 0 Å². The smallest absolute Gasteiger partial charge is 0.408 e. The fraction of sp³-hybridized carbons (Fsp3) is 0.625. The van der Waals surface area contributed by atoms with E-state index in [1.54, 1.807) is 19.1 Å². The molecular weight excluding hydrogens is 568 g/mol. The lowest BCUT2D eigenvalue weighted by atomic mass is 9.97. The number of nitrogens with one attached hydrogen (secondary N) is 4. The van der Waals surface area contributed by atoms with Gasteiger partial charge in [0, 0.05) is 6.42 Å². The minimum absolute atomic E-state index is 0.00870. The minimum atomic E-state index is -1.22. The fourth-order valence-corrected chi connectivity index (χ4v) is 4.13. The van der Waals surface area contributed by atoms with E-state index in [9.17, 15) is 28.8 Å².